The first-order valence-corrected chi connectivity index (χ1v) is 7.69. The van der Waals surface area contributed by atoms with Gasteiger partial charge in [-0.1, -0.05) is 12.1 Å². The molecule has 1 N–H and O–H groups in total. The fourth-order valence-corrected chi connectivity index (χ4v) is 3.26. The first-order valence-electron chi connectivity index (χ1n) is 7.69. The molecule has 0 amide bonds. The Morgan fingerprint density at radius 2 is 1.95 bits per heavy atom. The Labute approximate surface area is 120 Å². The van der Waals surface area contributed by atoms with Gasteiger partial charge in [-0.25, -0.2) is 4.39 Å². The zero-order valence-electron chi connectivity index (χ0n) is 12.0. The summed E-state index contributed by atoms with van der Waals surface area (Å²) in [7, 11) is 0. The van der Waals surface area contributed by atoms with Gasteiger partial charge in [0, 0.05) is 39.3 Å². The molecule has 20 heavy (non-hydrogen) atoms. The highest BCUT2D eigenvalue weighted by molar-refractivity contribution is 5.16. The fourth-order valence-electron chi connectivity index (χ4n) is 3.26. The second-order valence-electron chi connectivity index (χ2n) is 6.07. The molecule has 2 heterocycles. The minimum Gasteiger partial charge on any atom is -0.316 e. The van der Waals surface area contributed by atoms with Crippen LogP contribution in [0.5, 0.6) is 0 Å². The molecule has 1 atom stereocenters. The van der Waals surface area contributed by atoms with Crippen LogP contribution in [0.1, 0.15) is 12.0 Å². The van der Waals surface area contributed by atoms with Crippen LogP contribution in [0.15, 0.2) is 24.3 Å². The molecule has 0 aromatic heterocycles. The molecule has 2 aliphatic heterocycles. The van der Waals surface area contributed by atoms with Crippen molar-refractivity contribution in [3.63, 3.8) is 0 Å². The molecule has 1 unspecified atom stereocenters. The topological polar surface area (TPSA) is 18.5 Å². The van der Waals surface area contributed by atoms with Crippen LogP contribution in [0, 0.1) is 11.7 Å². The Kier molecular flexibility index (Phi) is 4.65. The first kappa shape index (κ1) is 14.0. The van der Waals surface area contributed by atoms with E-state index in [1.807, 2.05) is 6.07 Å². The average Bonchev–Trinajstić information content (AvgIpc) is 2.94. The van der Waals surface area contributed by atoms with Crippen LogP contribution in [0.4, 0.5) is 4.39 Å². The Hall–Kier alpha value is -0.970. The van der Waals surface area contributed by atoms with Crippen molar-refractivity contribution in [2.45, 2.75) is 13.0 Å². The number of rotatable bonds is 4. The number of halogens is 1. The minimum absolute atomic E-state index is 0.130. The van der Waals surface area contributed by atoms with E-state index in [4.69, 9.17) is 0 Å². The lowest BCUT2D eigenvalue weighted by Crippen LogP contribution is -2.47. The smallest absolute Gasteiger partial charge is 0.123 e. The minimum atomic E-state index is -0.130. The Bertz CT molecular complexity index is 423. The molecule has 0 aliphatic carbocycles. The fraction of sp³-hybridized carbons (Fsp3) is 0.625. The lowest BCUT2D eigenvalue weighted by atomic mass is 10.1. The van der Waals surface area contributed by atoms with E-state index >= 15 is 0 Å². The quantitative estimate of drug-likeness (QED) is 0.901. The maximum Gasteiger partial charge on any atom is 0.123 e. The van der Waals surface area contributed by atoms with Crippen molar-refractivity contribution in [3.8, 4) is 0 Å². The second-order valence-corrected chi connectivity index (χ2v) is 6.07. The zero-order chi connectivity index (χ0) is 13.8. The number of benzene rings is 1. The lowest BCUT2D eigenvalue weighted by molar-refractivity contribution is 0.115. The maximum atomic E-state index is 13.2. The van der Waals surface area contributed by atoms with E-state index in [0.717, 1.165) is 44.2 Å². The summed E-state index contributed by atoms with van der Waals surface area (Å²) in [4.78, 5) is 5.01. The average molecular weight is 277 g/mol. The normalized spacial score (nSPS) is 25.1. The van der Waals surface area contributed by atoms with Crippen molar-refractivity contribution in [2.24, 2.45) is 5.92 Å². The van der Waals surface area contributed by atoms with Crippen molar-refractivity contribution >= 4 is 0 Å². The third-order valence-corrected chi connectivity index (χ3v) is 4.44. The summed E-state index contributed by atoms with van der Waals surface area (Å²) in [5.74, 6) is 0.708. The van der Waals surface area contributed by atoms with Crippen LogP contribution in [-0.2, 0) is 6.54 Å². The third-order valence-electron chi connectivity index (χ3n) is 4.44. The van der Waals surface area contributed by atoms with Crippen LogP contribution in [-0.4, -0.2) is 55.6 Å². The summed E-state index contributed by atoms with van der Waals surface area (Å²) in [6.07, 6.45) is 1.32. The molecule has 110 valence electrons. The van der Waals surface area contributed by atoms with E-state index in [-0.39, 0.29) is 5.82 Å². The van der Waals surface area contributed by atoms with E-state index in [1.54, 1.807) is 12.1 Å². The number of nitrogens with zero attached hydrogens (tertiary/aromatic N) is 2. The molecule has 1 aromatic rings. The van der Waals surface area contributed by atoms with E-state index < -0.39 is 0 Å². The third kappa shape index (κ3) is 3.78. The summed E-state index contributed by atoms with van der Waals surface area (Å²) in [5, 5.41) is 3.44. The summed E-state index contributed by atoms with van der Waals surface area (Å²) in [6.45, 7) is 8.95. The van der Waals surface area contributed by atoms with Crippen LogP contribution in [0.25, 0.3) is 0 Å². The number of piperazine rings is 1. The van der Waals surface area contributed by atoms with Crippen molar-refractivity contribution < 1.29 is 4.39 Å². The van der Waals surface area contributed by atoms with Gasteiger partial charge in [0.2, 0.25) is 0 Å². The Morgan fingerprint density at radius 1 is 1.15 bits per heavy atom. The van der Waals surface area contributed by atoms with E-state index in [9.17, 15) is 4.39 Å². The number of hydrogen-bond donors (Lipinski definition) is 1. The Balaban J connectivity index is 1.43. The first-order chi connectivity index (χ1) is 9.79. The number of hydrogen-bond acceptors (Lipinski definition) is 3. The molecule has 0 spiro atoms. The van der Waals surface area contributed by atoms with Crippen molar-refractivity contribution in [1.82, 2.24) is 15.1 Å². The summed E-state index contributed by atoms with van der Waals surface area (Å²) in [6, 6.07) is 6.97. The molecule has 2 saturated heterocycles. The Morgan fingerprint density at radius 3 is 2.65 bits per heavy atom. The van der Waals surface area contributed by atoms with Crippen molar-refractivity contribution in [2.75, 3.05) is 45.8 Å². The SMILES string of the molecule is Fc1cccc(CN2CCN(CC3CCNC3)CC2)c1. The molecule has 4 heteroatoms. The van der Waals surface area contributed by atoms with Gasteiger partial charge in [-0.2, -0.15) is 0 Å². The van der Waals surface area contributed by atoms with Gasteiger partial charge in [-0.05, 0) is 43.1 Å². The number of nitrogens with one attached hydrogen (secondary N) is 1. The monoisotopic (exact) mass is 277 g/mol. The van der Waals surface area contributed by atoms with Gasteiger partial charge in [0.25, 0.3) is 0 Å². The van der Waals surface area contributed by atoms with Gasteiger partial charge in [0.15, 0.2) is 0 Å². The molecule has 0 saturated carbocycles. The molecular formula is C16H24FN3. The largest absolute Gasteiger partial charge is 0.316 e. The molecule has 0 radical (unpaired) electrons. The van der Waals surface area contributed by atoms with Crippen LogP contribution in [0.3, 0.4) is 0 Å². The van der Waals surface area contributed by atoms with Crippen molar-refractivity contribution in [3.05, 3.63) is 35.6 Å². The highest BCUT2D eigenvalue weighted by atomic mass is 19.1. The van der Waals surface area contributed by atoms with E-state index in [2.05, 4.69) is 15.1 Å². The van der Waals surface area contributed by atoms with Gasteiger partial charge in [-0.3, -0.25) is 4.90 Å². The molecular weight excluding hydrogens is 253 g/mol. The summed E-state index contributed by atoms with van der Waals surface area (Å²) in [5.41, 5.74) is 1.08. The zero-order valence-corrected chi connectivity index (χ0v) is 12.0. The molecule has 2 fully saturated rings. The van der Waals surface area contributed by atoms with Crippen LogP contribution < -0.4 is 5.32 Å². The molecule has 3 rings (SSSR count). The summed E-state index contributed by atoms with van der Waals surface area (Å²) >= 11 is 0. The molecule has 0 bridgehead atoms. The van der Waals surface area contributed by atoms with E-state index in [1.165, 1.54) is 32.1 Å². The van der Waals surface area contributed by atoms with Gasteiger partial charge < -0.3 is 10.2 Å². The van der Waals surface area contributed by atoms with Gasteiger partial charge in [-0.15, -0.1) is 0 Å². The van der Waals surface area contributed by atoms with Gasteiger partial charge in [0.05, 0.1) is 0 Å². The van der Waals surface area contributed by atoms with Crippen LogP contribution in [0.2, 0.25) is 0 Å². The van der Waals surface area contributed by atoms with Crippen molar-refractivity contribution in [1.29, 1.82) is 0 Å². The summed E-state index contributed by atoms with van der Waals surface area (Å²) < 4.78 is 13.2. The molecule has 1 aromatic carbocycles. The molecule has 3 nitrogen and oxygen atoms in total. The lowest BCUT2D eigenvalue weighted by Gasteiger charge is -2.35. The standard InChI is InChI=1S/C16H24FN3/c17-16-3-1-2-14(10-16)12-19-6-8-20(9-7-19)13-15-4-5-18-11-15/h1-3,10,15,18H,4-9,11-13H2. The molecule has 2 aliphatic rings. The predicted octanol–water partition coefficient (Wildman–Crippen LogP) is 1.55. The van der Waals surface area contributed by atoms with Gasteiger partial charge in [0.1, 0.15) is 5.82 Å². The predicted molar refractivity (Wildman–Crippen MR) is 79.1 cm³/mol. The van der Waals surface area contributed by atoms with Gasteiger partial charge >= 0.3 is 0 Å². The van der Waals surface area contributed by atoms with Crippen LogP contribution >= 0.6 is 0 Å². The maximum absolute atomic E-state index is 13.2. The van der Waals surface area contributed by atoms with E-state index in [0.29, 0.717) is 0 Å². The highest BCUT2D eigenvalue weighted by Crippen LogP contribution is 2.13. The highest BCUT2D eigenvalue weighted by Gasteiger charge is 2.22. The second kappa shape index (κ2) is 6.66.